The summed E-state index contributed by atoms with van der Waals surface area (Å²) in [5.41, 5.74) is 1.36. The highest BCUT2D eigenvalue weighted by atomic mass is 35.5. The summed E-state index contributed by atoms with van der Waals surface area (Å²) in [6, 6.07) is 10.5. The van der Waals surface area contributed by atoms with Crippen LogP contribution in [0.4, 0.5) is 17.6 Å². The fourth-order valence-electron chi connectivity index (χ4n) is 6.16. The summed E-state index contributed by atoms with van der Waals surface area (Å²) >= 11 is 12.1. The lowest BCUT2D eigenvalue weighted by Crippen LogP contribution is -2.41. The zero-order chi connectivity index (χ0) is 25.0. The van der Waals surface area contributed by atoms with E-state index in [2.05, 4.69) is 51.6 Å². The van der Waals surface area contributed by atoms with Gasteiger partial charge in [0.1, 0.15) is 11.6 Å². The number of rotatable bonds is 6. The van der Waals surface area contributed by atoms with Crippen LogP contribution in [0.1, 0.15) is 70.3 Å². The molecular weight excluding hydrogens is 488 g/mol. The molecule has 2 N–H and O–H groups in total. The van der Waals surface area contributed by atoms with Crippen LogP contribution < -0.4 is 20.4 Å². The third-order valence-corrected chi connectivity index (χ3v) is 8.65. The molecule has 6 nitrogen and oxygen atoms in total. The van der Waals surface area contributed by atoms with Gasteiger partial charge in [0, 0.05) is 49.2 Å². The Morgan fingerprint density at radius 2 is 1.72 bits per heavy atom. The Labute approximate surface area is 226 Å². The second kappa shape index (κ2) is 11.5. The van der Waals surface area contributed by atoms with Gasteiger partial charge in [-0.2, -0.15) is 9.97 Å². The van der Waals surface area contributed by atoms with E-state index in [9.17, 15) is 0 Å². The minimum absolute atomic E-state index is 0.0578. The number of nitrogens with zero attached hydrogens (tertiary/aromatic N) is 4. The highest BCUT2D eigenvalue weighted by Gasteiger charge is 2.36. The summed E-state index contributed by atoms with van der Waals surface area (Å²) in [7, 11) is 0. The third-order valence-electron chi connectivity index (χ3n) is 8.17. The first-order chi connectivity index (χ1) is 17.5. The number of benzene rings is 1. The molecule has 1 aliphatic carbocycles. The van der Waals surface area contributed by atoms with Crippen molar-refractivity contribution in [3.8, 4) is 0 Å². The van der Waals surface area contributed by atoms with Crippen molar-refractivity contribution in [1.29, 1.82) is 0 Å². The van der Waals surface area contributed by atoms with E-state index < -0.39 is 0 Å². The summed E-state index contributed by atoms with van der Waals surface area (Å²) in [5, 5.41) is 8.22. The Hall–Kier alpha value is -2.12. The minimum atomic E-state index is 0.0578. The van der Waals surface area contributed by atoms with E-state index in [4.69, 9.17) is 33.8 Å². The number of piperidine rings is 2. The number of hydrogen-bond acceptors (Lipinski definition) is 5. The van der Waals surface area contributed by atoms with Crippen molar-refractivity contribution in [3.05, 3.63) is 40.9 Å². The van der Waals surface area contributed by atoms with Crippen LogP contribution in [0.2, 0.25) is 5.02 Å². The van der Waals surface area contributed by atoms with E-state index in [0.29, 0.717) is 17.0 Å². The van der Waals surface area contributed by atoms with E-state index in [0.717, 1.165) is 62.2 Å². The summed E-state index contributed by atoms with van der Waals surface area (Å²) in [4.78, 5) is 14.6. The molecule has 0 spiro atoms. The second-order valence-electron chi connectivity index (χ2n) is 11.0. The lowest BCUT2D eigenvalue weighted by atomic mass is 9.79. The fourth-order valence-corrected chi connectivity index (χ4v) is 6.51. The van der Waals surface area contributed by atoms with Gasteiger partial charge in [0.15, 0.2) is 5.11 Å². The first-order valence-electron chi connectivity index (χ1n) is 13.7. The quantitative estimate of drug-likeness (QED) is 0.437. The van der Waals surface area contributed by atoms with Crippen molar-refractivity contribution in [2.24, 2.45) is 5.92 Å². The van der Waals surface area contributed by atoms with Crippen LogP contribution in [-0.4, -0.2) is 47.8 Å². The Morgan fingerprint density at radius 3 is 2.44 bits per heavy atom. The molecule has 1 aromatic heterocycles. The maximum Gasteiger partial charge on any atom is 0.232 e. The number of thiocarbonyl (C=S) groups is 1. The average Bonchev–Trinajstić information content (AvgIpc) is 3.38. The monoisotopic (exact) mass is 526 g/mol. The molecule has 1 saturated carbocycles. The average molecular weight is 527 g/mol. The van der Waals surface area contributed by atoms with Crippen molar-refractivity contribution in [1.82, 2.24) is 15.3 Å². The van der Waals surface area contributed by atoms with Gasteiger partial charge in [0.25, 0.3) is 0 Å². The molecule has 2 saturated heterocycles. The normalized spacial score (nSPS) is 21.9. The van der Waals surface area contributed by atoms with Gasteiger partial charge in [0.05, 0.1) is 0 Å². The zero-order valence-corrected chi connectivity index (χ0v) is 23.0. The van der Waals surface area contributed by atoms with E-state index in [1.54, 1.807) is 0 Å². The molecule has 8 heteroatoms. The highest BCUT2D eigenvalue weighted by Crippen LogP contribution is 2.41. The Bertz CT molecular complexity index is 1050. The van der Waals surface area contributed by atoms with Gasteiger partial charge < -0.3 is 20.4 Å². The van der Waals surface area contributed by atoms with E-state index in [-0.39, 0.29) is 5.41 Å². The van der Waals surface area contributed by atoms with Gasteiger partial charge in [-0.15, -0.1) is 0 Å². The molecule has 3 aliphatic rings. The molecule has 0 radical (unpaired) electrons. The van der Waals surface area contributed by atoms with Gasteiger partial charge in [-0.3, -0.25) is 0 Å². The van der Waals surface area contributed by atoms with Crippen LogP contribution in [0.3, 0.4) is 0 Å². The van der Waals surface area contributed by atoms with Crippen molar-refractivity contribution in [2.75, 3.05) is 47.8 Å². The molecule has 0 amide bonds. The molecule has 0 bridgehead atoms. The summed E-state index contributed by atoms with van der Waals surface area (Å²) in [6.45, 7) is 7.30. The van der Waals surface area contributed by atoms with Crippen molar-refractivity contribution in [3.63, 3.8) is 0 Å². The second-order valence-corrected chi connectivity index (χ2v) is 11.8. The van der Waals surface area contributed by atoms with Crippen LogP contribution in [0.5, 0.6) is 0 Å². The molecular formula is C28H39ClN6S. The van der Waals surface area contributed by atoms with Crippen molar-refractivity contribution >= 4 is 46.5 Å². The topological polar surface area (TPSA) is 56.3 Å². The molecule has 3 fully saturated rings. The predicted molar refractivity (Wildman–Crippen MR) is 155 cm³/mol. The molecule has 5 rings (SSSR count). The largest absolute Gasteiger partial charge is 0.361 e. The summed E-state index contributed by atoms with van der Waals surface area (Å²) in [5.74, 6) is 3.29. The van der Waals surface area contributed by atoms with E-state index in [1.807, 2.05) is 6.07 Å². The molecule has 1 atom stereocenters. The van der Waals surface area contributed by atoms with Crippen LogP contribution in [-0.2, 0) is 5.41 Å². The van der Waals surface area contributed by atoms with Crippen molar-refractivity contribution < 1.29 is 0 Å². The molecule has 3 heterocycles. The van der Waals surface area contributed by atoms with E-state index >= 15 is 0 Å². The minimum Gasteiger partial charge on any atom is -0.361 e. The zero-order valence-electron chi connectivity index (χ0n) is 21.4. The first-order valence-corrected chi connectivity index (χ1v) is 14.5. The Kier molecular flexibility index (Phi) is 8.16. The number of nitrogens with one attached hydrogen (secondary N) is 2. The molecule has 36 heavy (non-hydrogen) atoms. The maximum absolute atomic E-state index is 6.34. The molecule has 2 aromatic rings. The van der Waals surface area contributed by atoms with Gasteiger partial charge in [-0.25, -0.2) is 0 Å². The lowest BCUT2D eigenvalue weighted by Gasteiger charge is -2.34. The Balaban J connectivity index is 1.32. The highest BCUT2D eigenvalue weighted by molar-refractivity contribution is 7.80. The molecule has 0 unspecified atom stereocenters. The van der Waals surface area contributed by atoms with Crippen LogP contribution >= 0.6 is 23.8 Å². The standard InChI is InChI=1S/C28H39ClN6S/c1-21-9-8-16-35(19-21)25-18-24(34-14-5-2-6-15-34)31-26(32-25)33-27(36)30-20-28(12-3-4-13-28)22-10-7-11-23(29)17-22/h7,10-11,17-18,21H,2-6,8-9,12-16,19-20H2,1H3,(H2,30,31,32,33,36)/t21-/m0/s1. The van der Waals surface area contributed by atoms with Crippen LogP contribution in [0.25, 0.3) is 0 Å². The number of hydrogen-bond donors (Lipinski definition) is 2. The van der Waals surface area contributed by atoms with Crippen molar-refractivity contribution in [2.45, 2.75) is 70.1 Å². The predicted octanol–water partition coefficient (Wildman–Crippen LogP) is 6.16. The summed E-state index contributed by atoms with van der Waals surface area (Å²) in [6.07, 6.45) is 11.0. The lowest BCUT2D eigenvalue weighted by molar-refractivity contribution is 0.435. The van der Waals surface area contributed by atoms with Crippen LogP contribution in [0.15, 0.2) is 30.3 Å². The maximum atomic E-state index is 6.34. The SMILES string of the molecule is C[C@H]1CCCN(c2cc(N3CCCCC3)nc(NC(=S)NCC3(c4cccc(Cl)c4)CCCC3)n2)C1. The number of aromatic nitrogens is 2. The van der Waals surface area contributed by atoms with Gasteiger partial charge in [-0.1, -0.05) is 43.5 Å². The fraction of sp³-hybridized carbons (Fsp3) is 0.607. The smallest absolute Gasteiger partial charge is 0.232 e. The third kappa shape index (κ3) is 6.05. The van der Waals surface area contributed by atoms with Gasteiger partial charge in [0.2, 0.25) is 5.95 Å². The van der Waals surface area contributed by atoms with Crippen LogP contribution in [0, 0.1) is 5.92 Å². The first kappa shape index (κ1) is 25.5. The summed E-state index contributed by atoms with van der Waals surface area (Å²) < 4.78 is 0. The van der Waals surface area contributed by atoms with E-state index in [1.165, 1.54) is 50.5 Å². The van der Waals surface area contributed by atoms with Gasteiger partial charge >= 0.3 is 0 Å². The molecule has 2 aliphatic heterocycles. The van der Waals surface area contributed by atoms with Gasteiger partial charge in [-0.05, 0) is 80.8 Å². The molecule has 1 aromatic carbocycles. The number of halogens is 1. The number of anilines is 3. The Morgan fingerprint density at radius 1 is 1.00 bits per heavy atom. The molecule has 194 valence electrons.